The standard InChI is InChI=1S/C28H28N4O5.CH4O3S/c29-25(30)18-5-8-20(9-6-18)32-27(34)23-4-2-1-3-21(23)22-10-7-19(15-24(22)28(35)36)26(33)31-16-17-11-13-37-14-12-17;1-5(2,3)4/h1-10,15,17H,11-14,16H2,(H3,29,30)(H,31,33)(H,32,34)(H,35,36);1H3,(H,2,3,4). The highest BCUT2D eigenvalue weighted by molar-refractivity contribution is 7.85. The maximum Gasteiger partial charge on any atom is 0.336 e. The minimum Gasteiger partial charge on any atom is -0.478 e. The lowest BCUT2D eigenvalue weighted by atomic mass is 9.93. The summed E-state index contributed by atoms with van der Waals surface area (Å²) < 4.78 is 31.2. The fourth-order valence-electron chi connectivity index (χ4n) is 4.23. The molecule has 13 heteroatoms. The lowest BCUT2D eigenvalue weighted by molar-refractivity contribution is 0.0642. The summed E-state index contributed by atoms with van der Waals surface area (Å²) in [4.78, 5) is 38.0. The van der Waals surface area contributed by atoms with Gasteiger partial charge in [-0.1, -0.05) is 24.3 Å². The molecule has 0 spiro atoms. The van der Waals surface area contributed by atoms with Gasteiger partial charge in [-0.05, 0) is 72.4 Å². The van der Waals surface area contributed by atoms with Crippen LogP contribution in [-0.2, 0) is 14.9 Å². The molecule has 0 aliphatic carbocycles. The van der Waals surface area contributed by atoms with Gasteiger partial charge in [-0.15, -0.1) is 0 Å². The first-order chi connectivity index (χ1) is 19.8. The molecule has 1 saturated heterocycles. The Morgan fingerprint density at radius 1 is 0.929 bits per heavy atom. The summed E-state index contributed by atoms with van der Waals surface area (Å²) in [6.45, 7) is 1.85. The third kappa shape index (κ3) is 9.51. The number of anilines is 1. The van der Waals surface area contributed by atoms with E-state index in [1.54, 1.807) is 60.7 Å². The number of nitrogen functional groups attached to an aromatic ring is 1. The second-order valence-corrected chi connectivity index (χ2v) is 11.0. The van der Waals surface area contributed by atoms with Crippen molar-refractivity contribution in [1.29, 1.82) is 5.41 Å². The molecule has 0 unspecified atom stereocenters. The summed E-state index contributed by atoms with van der Waals surface area (Å²) in [6.07, 6.45) is 2.46. The number of aromatic carboxylic acids is 1. The quantitative estimate of drug-likeness (QED) is 0.128. The molecule has 12 nitrogen and oxygen atoms in total. The molecular weight excluding hydrogens is 564 g/mol. The number of carbonyl (C=O) groups is 3. The number of nitrogens with one attached hydrogen (secondary N) is 3. The van der Waals surface area contributed by atoms with Crippen molar-refractivity contribution in [3.8, 4) is 11.1 Å². The van der Waals surface area contributed by atoms with Gasteiger partial charge in [0.1, 0.15) is 5.84 Å². The monoisotopic (exact) mass is 596 g/mol. The molecule has 3 aromatic rings. The maximum atomic E-state index is 13.1. The van der Waals surface area contributed by atoms with Crippen molar-refractivity contribution >= 4 is 39.4 Å². The smallest absolute Gasteiger partial charge is 0.336 e. The number of hydrogen-bond acceptors (Lipinski definition) is 7. The van der Waals surface area contributed by atoms with Crippen molar-refractivity contribution in [2.45, 2.75) is 12.8 Å². The van der Waals surface area contributed by atoms with Crippen molar-refractivity contribution in [2.24, 2.45) is 11.7 Å². The number of amidine groups is 1. The van der Waals surface area contributed by atoms with Crippen LogP contribution < -0.4 is 16.4 Å². The number of carboxylic acid groups (broad SMARTS) is 1. The van der Waals surface area contributed by atoms with E-state index in [2.05, 4.69) is 10.6 Å². The molecule has 42 heavy (non-hydrogen) atoms. The second kappa shape index (κ2) is 14.3. The number of amides is 2. The number of hydrogen-bond donors (Lipinski definition) is 6. The molecule has 4 rings (SSSR count). The minimum absolute atomic E-state index is 0.0786. The van der Waals surface area contributed by atoms with Crippen molar-refractivity contribution in [2.75, 3.05) is 31.3 Å². The Labute approximate surface area is 243 Å². The third-order valence-corrected chi connectivity index (χ3v) is 6.32. The van der Waals surface area contributed by atoms with Gasteiger partial charge in [0.2, 0.25) is 0 Å². The molecule has 1 aliphatic rings. The molecule has 1 aliphatic heterocycles. The fourth-order valence-corrected chi connectivity index (χ4v) is 4.23. The fraction of sp³-hybridized carbons (Fsp3) is 0.241. The predicted molar refractivity (Wildman–Crippen MR) is 158 cm³/mol. The summed E-state index contributed by atoms with van der Waals surface area (Å²) >= 11 is 0. The highest BCUT2D eigenvalue weighted by Gasteiger charge is 2.21. The van der Waals surface area contributed by atoms with Gasteiger partial charge in [-0.3, -0.25) is 19.6 Å². The zero-order chi connectivity index (χ0) is 30.9. The summed E-state index contributed by atoms with van der Waals surface area (Å²) in [5, 5.41) is 23.1. The van der Waals surface area contributed by atoms with Gasteiger partial charge >= 0.3 is 5.97 Å². The average Bonchev–Trinajstić information content (AvgIpc) is 2.95. The van der Waals surface area contributed by atoms with Gasteiger partial charge in [-0.25, -0.2) is 4.79 Å². The predicted octanol–water partition coefficient (Wildman–Crippen LogP) is 3.25. The molecule has 2 amide bonds. The first kappa shape index (κ1) is 31.9. The van der Waals surface area contributed by atoms with E-state index in [1.807, 2.05) is 0 Å². The first-order valence-electron chi connectivity index (χ1n) is 12.8. The maximum absolute atomic E-state index is 13.1. The van der Waals surface area contributed by atoms with Crippen LogP contribution in [0.4, 0.5) is 5.69 Å². The number of carbonyl (C=O) groups excluding carboxylic acids is 2. The number of benzene rings is 3. The van der Waals surface area contributed by atoms with Crippen LogP contribution >= 0.6 is 0 Å². The van der Waals surface area contributed by atoms with Crippen molar-refractivity contribution in [3.63, 3.8) is 0 Å². The van der Waals surface area contributed by atoms with Crippen molar-refractivity contribution < 1.29 is 37.2 Å². The summed E-state index contributed by atoms with van der Waals surface area (Å²) in [5.74, 6) is -1.73. The topological polar surface area (TPSA) is 209 Å². The highest BCUT2D eigenvalue weighted by atomic mass is 32.2. The Balaban J connectivity index is 0.000000892. The zero-order valence-corrected chi connectivity index (χ0v) is 23.6. The normalized spacial score (nSPS) is 13.3. The molecular formula is C29H32N4O8S. The van der Waals surface area contributed by atoms with Gasteiger partial charge in [0.15, 0.2) is 0 Å². The second-order valence-electron chi connectivity index (χ2n) is 9.56. The lowest BCUT2D eigenvalue weighted by Gasteiger charge is -2.22. The van der Waals surface area contributed by atoms with E-state index in [9.17, 15) is 27.9 Å². The van der Waals surface area contributed by atoms with Crippen LogP contribution in [-0.4, -0.2) is 67.7 Å². The molecule has 0 bridgehead atoms. The summed E-state index contributed by atoms with van der Waals surface area (Å²) in [6, 6.07) is 17.7. The van der Waals surface area contributed by atoms with Gasteiger partial charge in [0.05, 0.1) is 11.8 Å². The van der Waals surface area contributed by atoms with Gasteiger partial charge in [-0.2, -0.15) is 8.42 Å². The molecule has 0 aromatic heterocycles. The number of carboxylic acids is 1. The molecule has 1 heterocycles. The Morgan fingerprint density at radius 2 is 1.50 bits per heavy atom. The Bertz CT molecular complexity index is 1560. The number of nitrogens with two attached hydrogens (primary N) is 1. The van der Waals surface area contributed by atoms with E-state index >= 15 is 0 Å². The van der Waals surface area contributed by atoms with Crippen LogP contribution in [0.25, 0.3) is 11.1 Å². The molecule has 3 aromatic carbocycles. The lowest BCUT2D eigenvalue weighted by Crippen LogP contribution is -2.32. The molecule has 7 N–H and O–H groups in total. The minimum atomic E-state index is -3.67. The zero-order valence-electron chi connectivity index (χ0n) is 22.8. The van der Waals surface area contributed by atoms with Crippen LogP contribution in [0.1, 0.15) is 49.5 Å². The van der Waals surface area contributed by atoms with Gasteiger partial charge in [0.25, 0.3) is 21.9 Å². The van der Waals surface area contributed by atoms with E-state index in [0.29, 0.717) is 54.3 Å². The molecule has 222 valence electrons. The Kier molecular flexibility index (Phi) is 10.9. The summed E-state index contributed by atoms with van der Waals surface area (Å²) in [7, 11) is -3.67. The largest absolute Gasteiger partial charge is 0.478 e. The number of ether oxygens (including phenoxy) is 1. The van der Waals surface area contributed by atoms with Crippen molar-refractivity contribution in [1.82, 2.24) is 5.32 Å². The van der Waals surface area contributed by atoms with E-state index in [-0.39, 0.29) is 28.4 Å². The molecule has 1 fully saturated rings. The summed E-state index contributed by atoms with van der Waals surface area (Å²) in [5.41, 5.74) is 7.69. The van der Waals surface area contributed by atoms with E-state index in [0.717, 1.165) is 12.8 Å². The van der Waals surface area contributed by atoms with Crippen LogP contribution in [0.5, 0.6) is 0 Å². The van der Waals surface area contributed by atoms with Crippen LogP contribution in [0.3, 0.4) is 0 Å². The Morgan fingerprint density at radius 3 is 2.10 bits per heavy atom. The molecule has 0 saturated carbocycles. The average molecular weight is 597 g/mol. The SMILES string of the molecule is CS(=O)(=O)O.N=C(N)c1ccc(NC(=O)c2ccccc2-c2ccc(C(=O)NCC3CCOCC3)cc2C(=O)O)cc1. The molecule has 0 radical (unpaired) electrons. The first-order valence-corrected chi connectivity index (χ1v) is 14.7. The highest BCUT2D eigenvalue weighted by Crippen LogP contribution is 2.29. The van der Waals surface area contributed by atoms with Crippen LogP contribution in [0, 0.1) is 11.3 Å². The van der Waals surface area contributed by atoms with Gasteiger partial charge in [0, 0.05) is 42.1 Å². The third-order valence-electron chi connectivity index (χ3n) is 6.32. The van der Waals surface area contributed by atoms with Crippen molar-refractivity contribution in [3.05, 3.63) is 89.0 Å². The van der Waals surface area contributed by atoms with E-state index in [4.69, 9.17) is 20.4 Å². The molecule has 0 atom stereocenters. The van der Waals surface area contributed by atoms with Crippen LogP contribution in [0.15, 0.2) is 66.7 Å². The Hall–Kier alpha value is -4.59. The van der Waals surface area contributed by atoms with Crippen LogP contribution in [0.2, 0.25) is 0 Å². The van der Waals surface area contributed by atoms with E-state index < -0.39 is 22.0 Å². The number of rotatable bonds is 8. The van der Waals surface area contributed by atoms with Gasteiger partial charge < -0.3 is 26.2 Å². The van der Waals surface area contributed by atoms with E-state index in [1.165, 1.54) is 6.07 Å².